The molecule has 0 saturated heterocycles. The van der Waals surface area contributed by atoms with Crippen LogP contribution in [0.5, 0.6) is 11.5 Å². The van der Waals surface area contributed by atoms with E-state index in [1.54, 1.807) is 55.5 Å². The Hall–Kier alpha value is -4.06. The highest BCUT2D eigenvalue weighted by Gasteiger charge is 2.18. The van der Waals surface area contributed by atoms with E-state index in [9.17, 15) is 14.4 Å². The summed E-state index contributed by atoms with van der Waals surface area (Å²) >= 11 is 0. The van der Waals surface area contributed by atoms with E-state index in [0.717, 1.165) is 0 Å². The van der Waals surface area contributed by atoms with Crippen LogP contribution in [0.15, 0.2) is 54.6 Å². The van der Waals surface area contributed by atoms with Gasteiger partial charge in [0, 0.05) is 25.1 Å². The average molecular weight is 453 g/mol. The summed E-state index contributed by atoms with van der Waals surface area (Å²) < 4.78 is 10.9. The molecule has 0 fully saturated rings. The van der Waals surface area contributed by atoms with Crippen molar-refractivity contribution in [2.24, 2.45) is 0 Å². The van der Waals surface area contributed by atoms with E-state index >= 15 is 0 Å². The minimum atomic E-state index is -0.857. The molecule has 174 valence electrons. The smallest absolute Gasteiger partial charge is 0.279 e. The van der Waals surface area contributed by atoms with Gasteiger partial charge in [-0.1, -0.05) is 18.2 Å². The van der Waals surface area contributed by atoms with E-state index in [2.05, 4.69) is 10.9 Å². The van der Waals surface area contributed by atoms with Gasteiger partial charge < -0.3 is 14.4 Å². The molecule has 1 unspecified atom stereocenters. The third kappa shape index (κ3) is 8.53. The number of hydrogen-bond acceptors (Lipinski definition) is 6. The van der Waals surface area contributed by atoms with Gasteiger partial charge in [0.1, 0.15) is 11.5 Å². The Morgan fingerprint density at radius 2 is 1.67 bits per heavy atom. The number of amides is 3. The van der Waals surface area contributed by atoms with Gasteiger partial charge in [-0.2, -0.15) is 5.26 Å². The van der Waals surface area contributed by atoms with E-state index < -0.39 is 17.9 Å². The lowest BCUT2D eigenvalue weighted by atomic mass is 10.2. The third-order valence-corrected chi connectivity index (χ3v) is 4.52. The fraction of sp³-hybridized carbons (Fsp3) is 0.333. The highest BCUT2D eigenvalue weighted by Crippen LogP contribution is 2.18. The predicted octanol–water partition coefficient (Wildman–Crippen LogP) is 2.73. The normalized spacial score (nSPS) is 10.9. The quantitative estimate of drug-likeness (QED) is 0.506. The average Bonchev–Trinajstić information content (AvgIpc) is 2.83. The number of anilines is 1. The molecule has 0 aliphatic rings. The van der Waals surface area contributed by atoms with Crippen LogP contribution >= 0.6 is 0 Å². The summed E-state index contributed by atoms with van der Waals surface area (Å²) in [7, 11) is 0. The number of para-hydroxylation sites is 1. The van der Waals surface area contributed by atoms with Gasteiger partial charge in [-0.25, -0.2) is 0 Å². The minimum absolute atomic E-state index is 0.0692. The molecule has 9 nitrogen and oxygen atoms in total. The lowest BCUT2D eigenvalue weighted by Gasteiger charge is -2.21. The number of hydrazine groups is 1. The fourth-order valence-corrected chi connectivity index (χ4v) is 2.86. The molecule has 0 heterocycles. The zero-order valence-corrected chi connectivity index (χ0v) is 18.7. The van der Waals surface area contributed by atoms with Crippen molar-refractivity contribution in [3.63, 3.8) is 0 Å². The number of ether oxygens (including phenoxy) is 2. The van der Waals surface area contributed by atoms with Crippen LogP contribution in [-0.4, -0.2) is 37.0 Å². The molecule has 33 heavy (non-hydrogen) atoms. The first kappa shape index (κ1) is 25.2. The van der Waals surface area contributed by atoms with E-state index in [-0.39, 0.29) is 31.7 Å². The Bertz CT molecular complexity index is 957. The number of hydrogen-bond donors (Lipinski definition) is 2. The van der Waals surface area contributed by atoms with Gasteiger partial charge in [-0.3, -0.25) is 25.2 Å². The van der Waals surface area contributed by atoms with Gasteiger partial charge >= 0.3 is 0 Å². The summed E-state index contributed by atoms with van der Waals surface area (Å²) in [4.78, 5) is 38.4. The molecule has 2 N–H and O–H groups in total. The number of nitrogens with zero attached hydrogens (tertiary/aromatic N) is 2. The maximum atomic E-state index is 12.6. The van der Waals surface area contributed by atoms with Crippen molar-refractivity contribution >= 4 is 23.4 Å². The van der Waals surface area contributed by atoms with Crippen LogP contribution in [0.3, 0.4) is 0 Å². The molecule has 3 amide bonds. The van der Waals surface area contributed by atoms with Crippen molar-refractivity contribution < 1.29 is 23.9 Å². The first-order valence-corrected chi connectivity index (χ1v) is 10.6. The summed E-state index contributed by atoms with van der Waals surface area (Å²) in [5.74, 6) is -0.162. The minimum Gasteiger partial charge on any atom is -0.494 e. The summed E-state index contributed by atoms with van der Waals surface area (Å²) in [6.45, 7) is 4.22. The molecule has 2 aromatic carbocycles. The molecule has 0 spiro atoms. The van der Waals surface area contributed by atoms with Crippen LogP contribution in [0.25, 0.3) is 0 Å². The van der Waals surface area contributed by atoms with Gasteiger partial charge in [-0.05, 0) is 50.2 Å². The zero-order chi connectivity index (χ0) is 24.1. The largest absolute Gasteiger partial charge is 0.494 e. The molecule has 0 saturated carbocycles. The Kier molecular flexibility index (Phi) is 10.2. The van der Waals surface area contributed by atoms with Crippen LogP contribution in [0.1, 0.15) is 33.1 Å². The molecule has 2 aromatic rings. The molecule has 0 aliphatic heterocycles. The molecular formula is C24H28N4O5. The van der Waals surface area contributed by atoms with Crippen LogP contribution in [0, 0.1) is 11.3 Å². The maximum absolute atomic E-state index is 12.6. The Balaban J connectivity index is 1.78. The molecule has 0 aromatic heterocycles. The van der Waals surface area contributed by atoms with E-state index in [1.165, 1.54) is 4.90 Å². The first-order valence-electron chi connectivity index (χ1n) is 10.6. The Labute approximate surface area is 193 Å². The van der Waals surface area contributed by atoms with E-state index in [0.29, 0.717) is 23.8 Å². The van der Waals surface area contributed by atoms with Crippen molar-refractivity contribution in [1.29, 1.82) is 5.26 Å². The number of rotatable bonds is 11. The number of carbonyl (C=O) groups excluding carboxylic acids is 3. The van der Waals surface area contributed by atoms with Crippen molar-refractivity contribution in [3.05, 3.63) is 54.6 Å². The standard InChI is InChI=1S/C24H28N4O5/c1-3-32-20-10-12-21(13-11-20)33-18(2)24(31)27-26-22(29)14-15-23(30)28(17-7-16-25)19-8-5-4-6-9-19/h4-6,8-13,18H,3,7,14-15,17H2,1-2H3,(H,26,29)(H,27,31). The van der Waals surface area contributed by atoms with Crippen molar-refractivity contribution in [3.8, 4) is 17.6 Å². The molecule has 0 bridgehead atoms. The predicted molar refractivity (Wildman–Crippen MR) is 122 cm³/mol. The van der Waals surface area contributed by atoms with Crippen LogP contribution in [0.4, 0.5) is 5.69 Å². The molecule has 1 atom stereocenters. The number of carbonyl (C=O) groups is 3. The summed E-state index contributed by atoms with van der Waals surface area (Å²) in [6, 6.07) is 17.8. The second-order valence-electron chi connectivity index (χ2n) is 6.99. The van der Waals surface area contributed by atoms with Crippen LogP contribution in [-0.2, 0) is 14.4 Å². The number of benzene rings is 2. The van der Waals surface area contributed by atoms with Crippen molar-refractivity contribution in [2.45, 2.75) is 39.2 Å². The topological polar surface area (TPSA) is 121 Å². The van der Waals surface area contributed by atoms with Gasteiger partial charge in [0.15, 0.2) is 6.10 Å². The van der Waals surface area contributed by atoms with Crippen molar-refractivity contribution in [2.75, 3.05) is 18.1 Å². The molecule has 0 radical (unpaired) electrons. The second kappa shape index (κ2) is 13.4. The van der Waals surface area contributed by atoms with Gasteiger partial charge in [0.2, 0.25) is 11.8 Å². The second-order valence-corrected chi connectivity index (χ2v) is 6.99. The number of nitriles is 1. The lowest BCUT2D eigenvalue weighted by Crippen LogP contribution is -2.47. The summed E-state index contributed by atoms with van der Waals surface area (Å²) in [6.07, 6.45) is -0.872. The fourth-order valence-electron chi connectivity index (χ4n) is 2.86. The molecular weight excluding hydrogens is 424 g/mol. The maximum Gasteiger partial charge on any atom is 0.279 e. The SMILES string of the molecule is CCOc1ccc(OC(C)C(=O)NNC(=O)CCC(=O)N(CCC#N)c2ccccc2)cc1. The first-order chi connectivity index (χ1) is 15.9. The van der Waals surface area contributed by atoms with Crippen molar-refractivity contribution in [1.82, 2.24) is 10.9 Å². The monoisotopic (exact) mass is 452 g/mol. The molecule has 2 rings (SSSR count). The van der Waals surface area contributed by atoms with E-state index in [1.807, 2.05) is 19.1 Å². The third-order valence-electron chi connectivity index (χ3n) is 4.52. The number of nitrogens with one attached hydrogen (secondary N) is 2. The highest BCUT2D eigenvalue weighted by atomic mass is 16.5. The van der Waals surface area contributed by atoms with E-state index in [4.69, 9.17) is 14.7 Å². The van der Waals surface area contributed by atoms with Gasteiger partial charge in [0.05, 0.1) is 19.1 Å². The zero-order valence-electron chi connectivity index (χ0n) is 18.7. The van der Waals surface area contributed by atoms with Gasteiger partial charge in [-0.15, -0.1) is 0 Å². The Morgan fingerprint density at radius 1 is 1.00 bits per heavy atom. The van der Waals surface area contributed by atoms with Gasteiger partial charge in [0.25, 0.3) is 5.91 Å². The Morgan fingerprint density at radius 3 is 2.30 bits per heavy atom. The van der Waals surface area contributed by atoms with Crippen LogP contribution < -0.4 is 25.2 Å². The molecule has 0 aliphatic carbocycles. The van der Waals surface area contributed by atoms with Crippen LogP contribution in [0.2, 0.25) is 0 Å². The highest BCUT2D eigenvalue weighted by molar-refractivity contribution is 5.95. The molecule has 9 heteroatoms. The lowest BCUT2D eigenvalue weighted by molar-refractivity contribution is -0.133. The summed E-state index contributed by atoms with van der Waals surface area (Å²) in [5, 5.41) is 8.85. The summed E-state index contributed by atoms with van der Waals surface area (Å²) in [5.41, 5.74) is 5.25.